The fourth-order valence-electron chi connectivity index (χ4n) is 3.60. The van der Waals surface area contributed by atoms with Crippen LogP contribution in [0, 0.1) is 10.1 Å². The Bertz CT molecular complexity index is 1040. The van der Waals surface area contributed by atoms with Gasteiger partial charge in [0.15, 0.2) is 5.69 Å². The fourth-order valence-corrected chi connectivity index (χ4v) is 3.60. The summed E-state index contributed by atoms with van der Waals surface area (Å²) in [6.07, 6.45) is 4.02. The average molecular weight is 403 g/mol. The molecule has 4 rings (SSSR count). The first-order valence-electron chi connectivity index (χ1n) is 9.78. The third-order valence-electron chi connectivity index (χ3n) is 5.14. The summed E-state index contributed by atoms with van der Waals surface area (Å²) in [5.41, 5.74) is 1.66. The van der Waals surface area contributed by atoms with Crippen molar-refractivity contribution in [2.24, 2.45) is 0 Å². The van der Waals surface area contributed by atoms with Gasteiger partial charge in [-0.1, -0.05) is 30.3 Å². The molecule has 0 spiro atoms. The van der Waals surface area contributed by atoms with Gasteiger partial charge in [0.25, 0.3) is 11.6 Å². The molecule has 1 fully saturated rings. The number of benzene rings is 1. The highest BCUT2D eigenvalue weighted by Crippen LogP contribution is 2.30. The highest BCUT2D eigenvalue weighted by molar-refractivity contribution is 5.94. The van der Waals surface area contributed by atoms with Crippen molar-refractivity contribution in [3.8, 4) is 11.3 Å². The van der Waals surface area contributed by atoms with Crippen LogP contribution in [-0.4, -0.2) is 51.9 Å². The molecular formula is C22H21N5O3. The predicted molar refractivity (Wildman–Crippen MR) is 113 cm³/mol. The molecule has 0 radical (unpaired) electrons. The molecule has 3 aromatic rings. The summed E-state index contributed by atoms with van der Waals surface area (Å²) in [7, 11) is 0. The molecule has 0 aliphatic carbocycles. The van der Waals surface area contributed by atoms with Gasteiger partial charge in [-0.3, -0.25) is 19.9 Å². The molecule has 3 heterocycles. The lowest BCUT2D eigenvalue weighted by Gasteiger charge is -2.23. The maximum absolute atomic E-state index is 12.7. The minimum absolute atomic E-state index is 0.0131. The Morgan fingerprint density at radius 2 is 1.70 bits per heavy atom. The van der Waals surface area contributed by atoms with Crippen LogP contribution < -0.4 is 4.90 Å². The highest BCUT2D eigenvalue weighted by Gasteiger charge is 2.23. The quantitative estimate of drug-likeness (QED) is 0.490. The van der Waals surface area contributed by atoms with Gasteiger partial charge in [0, 0.05) is 55.8 Å². The molecule has 1 saturated heterocycles. The van der Waals surface area contributed by atoms with Gasteiger partial charge < -0.3 is 9.80 Å². The third kappa shape index (κ3) is 4.12. The van der Waals surface area contributed by atoms with Gasteiger partial charge in [-0.15, -0.1) is 0 Å². The van der Waals surface area contributed by atoms with Crippen molar-refractivity contribution in [2.45, 2.75) is 6.42 Å². The summed E-state index contributed by atoms with van der Waals surface area (Å²) in [4.78, 5) is 36.3. The van der Waals surface area contributed by atoms with Crippen LogP contribution in [0.5, 0.6) is 0 Å². The molecule has 0 bridgehead atoms. The lowest BCUT2D eigenvalue weighted by atomic mass is 10.1. The summed E-state index contributed by atoms with van der Waals surface area (Å²) >= 11 is 0. The van der Waals surface area contributed by atoms with Gasteiger partial charge in [0.1, 0.15) is 5.82 Å². The number of hydrogen-bond acceptors (Lipinski definition) is 6. The van der Waals surface area contributed by atoms with Gasteiger partial charge in [0.05, 0.1) is 4.92 Å². The summed E-state index contributed by atoms with van der Waals surface area (Å²) in [6.45, 7) is 2.53. The molecule has 1 amide bonds. The summed E-state index contributed by atoms with van der Waals surface area (Å²) in [5.74, 6) is 0.665. The maximum Gasteiger partial charge on any atom is 0.295 e. The Morgan fingerprint density at radius 3 is 2.43 bits per heavy atom. The molecule has 0 atom stereocenters. The second-order valence-electron chi connectivity index (χ2n) is 7.03. The van der Waals surface area contributed by atoms with Crippen LogP contribution in [0.25, 0.3) is 11.3 Å². The first kappa shape index (κ1) is 19.5. The minimum Gasteiger partial charge on any atom is -0.355 e. The molecule has 1 aliphatic rings. The van der Waals surface area contributed by atoms with E-state index in [-0.39, 0.29) is 11.6 Å². The number of nitro groups is 1. The Kier molecular flexibility index (Phi) is 5.65. The van der Waals surface area contributed by atoms with E-state index in [4.69, 9.17) is 0 Å². The van der Waals surface area contributed by atoms with Crippen LogP contribution in [0.4, 0.5) is 11.5 Å². The Morgan fingerprint density at radius 1 is 0.933 bits per heavy atom. The van der Waals surface area contributed by atoms with Gasteiger partial charge >= 0.3 is 0 Å². The van der Waals surface area contributed by atoms with Crippen molar-refractivity contribution in [3.63, 3.8) is 0 Å². The topological polar surface area (TPSA) is 92.5 Å². The molecule has 1 aromatic carbocycles. The fraction of sp³-hybridized carbons (Fsp3) is 0.227. The van der Waals surface area contributed by atoms with Crippen molar-refractivity contribution in [3.05, 3.63) is 82.7 Å². The maximum atomic E-state index is 12.7. The van der Waals surface area contributed by atoms with Crippen molar-refractivity contribution >= 4 is 17.4 Å². The molecular weight excluding hydrogens is 382 g/mol. The van der Waals surface area contributed by atoms with Crippen LogP contribution in [0.2, 0.25) is 0 Å². The Hall–Kier alpha value is -3.81. The number of rotatable bonds is 4. The summed E-state index contributed by atoms with van der Waals surface area (Å²) < 4.78 is 0. The van der Waals surface area contributed by atoms with E-state index in [1.165, 1.54) is 6.07 Å². The largest absolute Gasteiger partial charge is 0.355 e. The van der Waals surface area contributed by atoms with Crippen LogP contribution in [0.3, 0.4) is 0 Å². The molecule has 152 valence electrons. The smallest absolute Gasteiger partial charge is 0.295 e. The molecule has 0 N–H and O–H groups in total. The number of anilines is 1. The van der Waals surface area contributed by atoms with E-state index in [0.717, 1.165) is 13.0 Å². The SMILES string of the molecule is O=C(c1ccncc1)N1CCCN(c2ccc([N+](=O)[O-])c(-c3ccccc3)n2)CC1. The number of pyridine rings is 2. The molecule has 0 unspecified atom stereocenters. The number of amides is 1. The monoisotopic (exact) mass is 403 g/mol. The molecule has 1 aliphatic heterocycles. The molecule has 8 heteroatoms. The van der Waals surface area contributed by atoms with Crippen molar-refractivity contribution in [1.29, 1.82) is 0 Å². The predicted octanol–water partition coefficient (Wildman–Crippen LogP) is 3.40. The van der Waals surface area contributed by atoms with Gasteiger partial charge in [0.2, 0.25) is 0 Å². The van der Waals surface area contributed by atoms with Gasteiger partial charge in [-0.2, -0.15) is 0 Å². The average Bonchev–Trinajstić information content (AvgIpc) is 3.05. The summed E-state index contributed by atoms with van der Waals surface area (Å²) in [6, 6.07) is 15.8. The second kappa shape index (κ2) is 8.69. The first-order valence-corrected chi connectivity index (χ1v) is 9.78. The van der Waals surface area contributed by atoms with Crippen molar-refractivity contribution < 1.29 is 9.72 Å². The lowest BCUT2D eigenvalue weighted by Crippen LogP contribution is -2.35. The lowest BCUT2D eigenvalue weighted by molar-refractivity contribution is -0.384. The van der Waals surface area contributed by atoms with Gasteiger partial charge in [-0.05, 0) is 24.6 Å². The van der Waals surface area contributed by atoms with E-state index in [2.05, 4.69) is 14.9 Å². The zero-order valence-corrected chi connectivity index (χ0v) is 16.3. The van der Waals surface area contributed by atoms with Gasteiger partial charge in [-0.25, -0.2) is 4.98 Å². The second-order valence-corrected chi connectivity index (χ2v) is 7.03. The van der Waals surface area contributed by atoms with E-state index < -0.39 is 4.92 Å². The highest BCUT2D eigenvalue weighted by atomic mass is 16.6. The van der Waals surface area contributed by atoms with E-state index >= 15 is 0 Å². The number of carbonyl (C=O) groups is 1. The number of aromatic nitrogens is 2. The van der Waals surface area contributed by atoms with Crippen LogP contribution >= 0.6 is 0 Å². The summed E-state index contributed by atoms with van der Waals surface area (Å²) in [5, 5.41) is 11.5. The Labute approximate surface area is 174 Å². The molecule has 2 aromatic heterocycles. The molecule has 30 heavy (non-hydrogen) atoms. The molecule has 0 saturated carbocycles. The van der Waals surface area contributed by atoms with E-state index in [1.54, 1.807) is 30.6 Å². The number of hydrogen-bond donors (Lipinski definition) is 0. The van der Waals surface area contributed by atoms with Crippen LogP contribution in [0.15, 0.2) is 67.0 Å². The normalized spacial score (nSPS) is 14.3. The van der Waals surface area contributed by atoms with Crippen LogP contribution in [-0.2, 0) is 0 Å². The van der Waals surface area contributed by atoms with Crippen molar-refractivity contribution in [2.75, 3.05) is 31.1 Å². The van der Waals surface area contributed by atoms with E-state index in [0.29, 0.717) is 42.3 Å². The standard InChI is InChI=1S/C22H21N5O3/c28-22(18-9-11-23-12-10-18)26-14-4-13-25(15-16-26)20-8-7-19(27(29)30)21(24-20)17-5-2-1-3-6-17/h1-3,5-12H,4,13-16H2. The first-order chi connectivity index (χ1) is 14.6. The Balaban J connectivity index is 1.56. The zero-order chi connectivity index (χ0) is 20.9. The van der Waals surface area contributed by atoms with Crippen molar-refractivity contribution in [1.82, 2.24) is 14.9 Å². The van der Waals surface area contributed by atoms with E-state index in [9.17, 15) is 14.9 Å². The third-order valence-corrected chi connectivity index (χ3v) is 5.14. The van der Waals surface area contributed by atoms with E-state index in [1.807, 2.05) is 35.2 Å². The van der Waals surface area contributed by atoms with Crippen LogP contribution in [0.1, 0.15) is 16.8 Å². The zero-order valence-electron chi connectivity index (χ0n) is 16.3. The minimum atomic E-state index is -0.406. The molecule has 8 nitrogen and oxygen atoms in total. The number of carbonyl (C=O) groups excluding carboxylic acids is 1. The number of nitrogens with zero attached hydrogens (tertiary/aromatic N) is 5.